The Morgan fingerprint density at radius 2 is 2.00 bits per heavy atom. The molecule has 1 fully saturated rings. The number of nitrogens with one attached hydrogen (secondary N) is 1. The van der Waals surface area contributed by atoms with Gasteiger partial charge in [-0.05, 0) is 31.6 Å². The third-order valence-corrected chi connectivity index (χ3v) is 4.52. The SMILES string of the molecule is CCCCCC(C)(C)CNC(=O)N1CCCC1(C)C(=O)O. The molecule has 0 aliphatic carbocycles. The Hall–Kier alpha value is -1.26. The van der Waals surface area contributed by atoms with Gasteiger partial charge in [-0.1, -0.05) is 40.0 Å². The molecular formula is C16H30N2O3. The molecule has 1 unspecified atom stereocenters. The predicted octanol–water partition coefficient (Wildman–Crippen LogP) is 3.24. The largest absolute Gasteiger partial charge is 0.480 e. The van der Waals surface area contributed by atoms with E-state index in [1.54, 1.807) is 6.92 Å². The number of carbonyl (C=O) groups is 2. The van der Waals surface area contributed by atoms with Gasteiger partial charge in [0.1, 0.15) is 5.54 Å². The maximum Gasteiger partial charge on any atom is 0.329 e. The Bertz CT molecular complexity index is 382. The first-order chi connectivity index (χ1) is 9.73. The number of carboxylic acid groups (broad SMARTS) is 1. The topological polar surface area (TPSA) is 69.6 Å². The Labute approximate surface area is 128 Å². The zero-order valence-electron chi connectivity index (χ0n) is 13.9. The van der Waals surface area contributed by atoms with Crippen molar-refractivity contribution < 1.29 is 14.7 Å². The van der Waals surface area contributed by atoms with Gasteiger partial charge in [0.2, 0.25) is 0 Å². The van der Waals surface area contributed by atoms with Gasteiger partial charge < -0.3 is 15.3 Å². The fraction of sp³-hybridized carbons (Fsp3) is 0.875. The minimum atomic E-state index is -1.06. The number of hydrogen-bond acceptors (Lipinski definition) is 2. The van der Waals surface area contributed by atoms with Crippen molar-refractivity contribution in [1.82, 2.24) is 10.2 Å². The van der Waals surface area contributed by atoms with E-state index in [1.165, 1.54) is 17.7 Å². The Balaban J connectivity index is 2.51. The van der Waals surface area contributed by atoms with E-state index in [1.807, 2.05) is 0 Å². The molecule has 2 amide bonds. The Kier molecular flexibility index (Phi) is 6.05. The fourth-order valence-corrected chi connectivity index (χ4v) is 2.86. The number of urea groups is 1. The molecule has 0 radical (unpaired) electrons. The number of rotatable bonds is 7. The van der Waals surface area contributed by atoms with Gasteiger partial charge >= 0.3 is 12.0 Å². The standard InChI is InChI=1S/C16H30N2O3/c1-5-6-7-9-15(2,3)12-17-14(21)18-11-8-10-16(18,4)13(19)20/h5-12H2,1-4H3,(H,17,21)(H,19,20). The summed E-state index contributed by atoms with van der Waals surface area (Å²) in [4.78, 5) is 25.2. The van der Waals surface area contributed by atoms with Gasteiger partial charge in [-0.15, -0.1) is 0 Å². The summed E-state index contributed by atoms with van der Waals surface area (Å²) in [6, 6.07) is -0.249. The molecule has 0 saturated carbocycles. The van der Waals surface area contributed by atoms with Crippen LogP contribution in [0.15, 0.2) is 0 Å². The minimum Gasteiger partial charge on any atom is -0.480 e. The van der Waals surface area contributed by atoms with E-state index in [0.29, 0.717) is 19.5 Å². The van der Waals surface area contributed by atoms with E-state index < -0.39 is 11.5 Å². The summed E-state index contributed by atoms with van der Waals surface area (Å²) in [5.41, 5.74) is -1.01. The normalized spacial score (nSPS) is 22.4. The second-order valence-corrected chi connectivity index (χ2v) is 7.11. The maximum atomic E-state index is 12.3. The number of unbranched alkanes of at least 4 members (excludes halogenated alkanes) is 2. The summed E-state index contributed by atoms with van der Waals surface area (Å²) in [5, 5.41) is 12.3. The van der Waals surface area contributed by atoms with E-state index >= 15 is 0 Å². The van der Waals surface area contributed by atoms with Crippen LogP contribution in [0, 0.1) is 5.41 Å². The van der Waals surface area contributed by atoms with Gasteiger partial charge in [-0.2, -0.15) is 0 Å². The highest BCUT2D eigenvalue weighted by molar-refractivity contribution is 5.86. The number of hydrogen-bond donors (Lipinski definition) is 2. The Morgan fingerprint density at radius 3 is 2.57 bits per heavy atom. The van der Waals surface area contributed by atoms with Crippen molar-refractivity contribution in [2.24, 2.45) is 5.41 Å². The van der Waals surface area contributed by atoms with Crippen molar-refractivity contribution in [2.45, 2.75) is 71.8 Å². The smallest absolute Gasteiger partial charge is 0.329 e. The lowest BCUT2D eigenvalue weighted by Crippen LogP contribution is -2.55. The molecule has 0 aromatic heterocycles. The molecule has 5 nitrogen and oxygen atoms in total. The molecular weight excluding hydrogens is 268 g/mol. The first kappa shape index (κ1) is 17.8. The van der Waals surface area contributed by atoms with Gasteiger partial charge in [0, 0.05) is 13.1 Å². The van der Waals surface area contributed by atoms with Crippen LogP contribution >= 0.6 is 0 Å². The highest BCUT2D eigenvalue weighted by Gasteiger charge is 2.46. The van der Waals surface area contributed by atoms with E-state index in [0.717, 1.165) is 19.3 Å². The monoisotopic (exact) mass is 298 g/mol. The molecule has 0 aromatic rings. The second kappa shape index (κ2) is 7.14. The molecule has 1 heterocycles. The lowest BCUT2D eigenvalue weighted by atomic mass is 9.87. The summed E-state index contributed by atoms with van der Waals surface area (Å²) in [5.74, 6) is -0.919. The number of nitrogens with zero attached hydrogens (tertiary/aromatic N) is 1. The summed E-state index contributed by atoms with van der Waals surface area (Å²) in [7, 11) is 0. The predicted molar refractivity (Wildman–Crippen MR) is 83.3 cm³/mol. The molecule has 1 aliphatic rings. The fourth-order valence-electron chi connectivity index (χ4n) is 2.86. The molecule has 5 heteroatoms. The van der Waals surface area contributed by atoms with Crippen molar-refractivity contribution in [3.8, 4) is 0 Å². The second-order valence-electron chi connectivity index (χ2n) is 7.11. The summed E-state index contributed by atoms with van der Waals surface area (Å²) in [6.45, 7) is 9.20. The third-order valence-electron chi connectivity index (χ3n) is 4.52. The molecule has 21 heavy (non-hydrogen) atoms. The number of aliphatic carboxylic acids is 1. The quantitative estimate of drug-likeness (QED) is 0.709. The highest BCUT2D eigenvalue weighted by atomic mass is 16.4. The van der Waals surface area contributed by atoms with Gasteiger partial charge in [0.25, 0.3) is 0 Å². The summed E-state index contributed by atoms with van der Waals surface area (Å²) in [6.07, 6.45) is 5.90. The van der Waals surface area contributed by atoms with E-state index in [9.17, 15) is 14.7 Å². The Morgan fingerprint density at radius 1 is 1.33 bits per heavy atom. The third kappa shape index (κ3) is 4.61. The van der Waals surface area contributed by atoms with Crippen LogP contribution in [0.5, 0.6) is 0 Å². The van der Waals surface area contributed by atoms with Crippen LogP contribution in [-0.2, 0) is 4.79 Å². The average Bonchev–Trinajstić information content (AvgIpc) is 2.80. The lowest BCUT2D eigenvalue weighted by molar-refractivity contribution is -0.147. The van der Waals surface area contributed by atoms with Crippen LogP contribution in [0.3, 0.4) is 0 Å². The van der Waals surface area contributed by atoms with Gasteiger partial charge in [-0.3, -0.25) is 0 Å². The number of carbonyl (C=O) groups excluding carboxylic acids is 1. The number of likely N-dealkylation sites (tertiary alicyclic amines) is 1. The van der Waals surface area contributed by atoms with Crippen LogP contribution < -0.4 is 5.32 Å². The van der Waals surface area contributed by atoms with Crippen molar-refractivity contribution in [1.29, 1.82) is 0 Å². The maximum absolute atomic E-state index is 12.3. The zero-order valence-corrected chi connectivity index (χ0v) is 13.9. The first-order valence-electron chi connectivity index (χ1n) is 8.02. The van der Waals surface area contributed by atoms with Crippen molar-refractivity contribution >= 4 is 12.0 Å². The molecule has 122 valence electrons. The van der Waals surface area contributed by atoms with Crippen LogP contribution in [0.1, 0.15) is 66.2 Å². The van der Waals surface area contributed by atoms with E-state index in [4.69, 9.17) is 0 Å². The van der Waals surface area contributed by atoms with E-state index in [-0.39, 0.29) is 11.4 Å². The highest BCUT2D eigenvalue weighted by Crippen LogP contribution is 2.29. The lowest BCUT2D eigenvalue weighted by Gasteiger charge is -2.33. The first-order valence-corrected chi connectivity index (χ1v) is 8.02. The molecule has 0 spiro atoms. The minimum absolute atomic E-state index is 0.0458. The van der Waals surface area contributed by atoms with Crippen molar-refractivity contribution in [2.75, 3.05) is 13.1 Å². The van der Waals surface area contributed by atoms with E-state index in [2.05, 4.69) is 26.1 Å². The molecule has 1 aliphatic heterocycles. The summed E-state index contributed by atoms with van der Waals surface area (Å²) < 4.78 is 0. The van der Waals surface area contributed by atoms with Crippen LogP contribution in [0.4, 0.5) is 4.79 Å². The number of carboxylic acids is 1. The van der Waals surface area contributed by atoms with Crippen LogP contribution in [-0.4, -0.2) is 40.6 Å². The number of amides is 2. The zero-order chi connectivity index (χ0) is 16.1. The van der Waals surface area contributed by atoms with Gasteiger partial charge in [-0.25, -0.2) is 9.59 Å². The molecule has 0 aromatic carbocycles. The molecule has 1 saturated heterocycles. The molecule has 1 rings (SSSR count). The average molecular weight is 298 g/mol. The van der Waals surface area contributed by atoms with Crippen molar-refractivity contribution in [3.63, 3.8) is 0 Å². The van der Waals surface area contributed by atoms with Gasteiger partial charge in [0.15, 0.2) is 0 Å². The molecule has 0 bridgehead atoms. The van der Waals surface area contributed by atoms with Crippen molar-refractivity contribution in [3.05, 3.63) is 0 Å². The van der Waals surface area contributed by atoms with Crippen LogP contribution in [0.2, 0.25) is 0 Å². The van der Waals surface area contributed by atoms with Gasteiger partial charge in [0.05, 0.1) is 0 Å². The molecule has 2 N–H and O–H groups in total. The van der Waals surface area contributed by atoms with Crippen LogP contribution in [0.25, 0.3) is 0 Å². The molecule has 1 atom stereocenters. The summed E-state index contributed by atoms with van der Waals surface area (Å²) >= 11 is 0.